The summed E-state index contributed by atoms with van der Waals surface area (Å²) in [5.74, 6) is 0.0610. The topological polar surface area (TPSA) is 40.6 Å². The third-order valence-corrected chi connectivity index (χ3v) is 3.45. The predicted molar refractivity (Wildman–Crippen MR) is 71.3 cm³/mol. The van der Waals surface area contributed by atoms with Crippen LogP contribution in [0.2, 0.25) is 5.02 Å². The Kier molecular flexibility index (Phi) is 3.57. The maximum absolute atomic E-state index is 11.7. The summed E-state index contributed by atoms with van der Waals surface area (Å²) in [7, 11) is 1.79. The summed E-state index contributed by atoms with van der Waals surface area (Å²) >= 11 is 6.17. The summed E-state index contributed by atoms with van der Waals surface area (Å²) in [6.07, 6.45) is 0. The van der Waals surface area contributed by atoms with Gasteiger partial charge in [-0.2, -0.15) is 0 Å². The van der Waals surface area contributed by atoms with Gasteiger partial charge in [-0.25, -0.2) is 0 Å². The van der Waals surface area contributed by atoms with Gasteiger partial charge in [0.2, 0.25) is 5.91 Å². The average Bonchev–Trinajstić information content (AvgIpc) is 2.32. The number of benzene rings is 1. The number of nitrogens with zero attached hydrogens (tertiary/aromatic N) is 2. The van der Waals surface area contributed by atoms with Gasteiger partial charge in [0.25, 0.3) is 0 Å². The molecule has 1 aromatic carbocycles. The summed E-state index contributed by atoms with van der Waals surface area (Å²) in [5, 5.41) is 0.514. The highest BCUT2D eigenvalue weighted by molar-refractivity contribution is 6.33. The smallest absolute Gasteiger partial charge is 0.241 e. The molecule has 0 radical (unpaired) electrons. The van der Waals surface area contributed by atoms with E-state index in [-0.39, 0.29) is 11.7 Å². The Labute approximate surface area is 111 Å². The van der Waals surface area contributed by atoms with Crippen LogP contribution in [0.5, 0.6) is 0 Å². The number of Topliss-reactive ketones (excluding diaryl/α,β-unsaturated/α-hetero) is 1. The van der Waals surface area contributed by atoms with Gasteiger partial charge in [-0.15, -0.1) is 0 Å². The first-order chi connectivity index (χ1) is 8.49. The van der Waals surface area contributed by atoms with Crippen LogP contribution >= 0.6 is 11.6 Å². The van der Waals surface area contributed by atoms with Crippen molar-refractivity contribution < 1.29 is 9.59 Å². The molecule has 5 heteroatoms. The fraction of sp³-hybridized carbons (Fsp3) is 0.385. The molecule has 0 aliphatic carbocycles. The molecule has 0 spiro atoms. The molecule has 2 rings (SSSR count). The number of hydrogen-bond donors (Lipinski definition) is 0. The number of rotatable bonds is 2. The van der Waals surface area contributed by atoms with Gasteiger partial charge in [0.05, 0.1) is 17.3 Å². The Morgan fingerprint density at radius 1 is 1.33 bits per heavy atom. The van der Waals surface area contributed by atoms with Crippen LogP contribution in [-0.4, -0.2) is 43.3 Å². The average molecular weight is 267 g/mol. The van der Waals surface area contributed by atoms with Crippen molar-refractivity contribution in [2.24, 2.45) is 0 Å². The number of amides is 1. The molecule has 1 saturated heterocycles. The molecule has 96 valence electrons. The van der Waals surface area contributed by atoms with Gasteiger partial charge in [-0.05, 0) is 25.1 Å². The number of ketones is 1. The van der Waals surface area contributed by atoms with Crippen molar-refractivity contribution in [2.45, 2.75) is 6.92 Å². The first kappa shape index (κ1) is 12.9. The van der Waals surface area contributed by atoms with E-state index in [1.165, 1.54) is 6.92 Å². The number of anilines is 1. The summed E-state index contributed by atoms with van der Waals surface area (Å²) in [6, 6.07) is 5.20. The van der Waals surface area contributed by atoms with E-state index in [2.05, 4.69) is 0 Å². The quantitative estimate of drug-likeness (QED) is 0.767. The molecule has 0 aromatic heterocycles. The minimum atomic E-state index is -0.0158. The zero-order valence-corrected chi connectivity index (χ0v) is 11.2. The second kappa shape index (κ2) is 4.98. The number of carbonyl (C=O) groups is 2. The van der Waals surface area contributed by atoms with Gasteiger partial charge in [-0.3, -0.25) is 9.59 Å². The molecule has 1 aromatic rings. The Bertz CT molecular complexity index is 502. The van der Waals surface area contributed by atoms with Gasteiger partial charge in [0.1, 0.15) is 0 Å². The maximum atomic E-state index is 11.7. The lowest BCUT2D eigenvalue weighted by Gasteiger charge is -2.34. The molecular weight excluding hydrogens is 252 g/mol. The van der Waals surface area contributed by atoms with Gasteiger partial charge in [-0.1, -0.05) is 11.6 Å². The normalized spacial score (nSPS) is 16.1. The standard InChI is InChI=1S/C13H15ClN2O2/c1-9(17)10-3-4-12(11(14)7-10)16-6-5-15(2)13(18)8-16/h3-4,7H,5-6,8H2,1-2H3. The summed E-state index contributed by atoms with van der Waals surface area (Å²) < 4.78 is 0. The van der Waals surface area contributed by atoms with Crippen LogP contribution < -0.4 is 4.90 Å². The van der Waals surface area contributed by atoms with Gasteiger partial charge in [0, 0.05) is 25.7 Å². The van der Waals surface area contributed by atoms with Crippen LogP contribution in [0, 0.1) is 0 Å². The van der Waals surface area contributed by atoms with Crippen LogP contribution in [-0.2, 0) is 4.79 Å². The predicted octanol–water partition coefficient (Wildman–Crippen LogP) is 1.82. The van der Waals surface area contributed by atoms with Crippen molar-refractivity contribution in [2.75, 3.05) is 31.6 Å². The lowest BCUT2D eigenvalue weighted by Crippen LogP contribution is -2.48. The Hall–Kier alpha value is -1.55. The molecule has 1 aliphatic heterocycles. The van der Waals surface area contributed by atoms with E-state index >= 15 is 0 Å². The summed E-state index contributed by atoms with van der Waals surface area (Å²) in [6.45, 7) is 3.27. The number of hydrogen-bond acceptors (Lipinski definition) is 3. The Morgan fingerprint density at radius 3 is 2.61 bits per heavy atom. The third-order valence-electron chi connectivity index (χ3n) is 3.15. The largest absolute Gasteiger partial charge is 0.359 e. The van der Waals surface area contributed by atoms with Crippen molar-refractivity contribution in [3.63, 3.8) is 0 Å². The molecule has 0 unspecified atom stereocenters. The molecule has 0 saturated carbocycles. The van der Waals surface area contributed by atoms with Crippen molar-refractivity contribution >= 4 is 29.0 Å². The van der Waals surface area contributed by atoms with Gasteiger partial charge < -0.3 is 9.80 Å². The summed E-state index contributed by atoms with van der Waals surface area (Å²) in [4.78, 5) is 26.5. The summed E-state index contributed by atoms with van der Waals surface area (Å²) in [5.41, 5.74) is 1.40. The minimum Gasteiger partial charge on any atom is -0.359 e. The highest BCUT2D eigenvalue weighted by atomic mass is 35.5. The Morgan fingerprint density at radius 2 is 2.06 bits per heavy atom. The highest BCUT2D eigenvalue weighted by Crippen LogP contribution is 2.28. The van der Waals surface area contributed by atoms with Crippen molar-refractivity contribution in [3.8, 4) is 0 Å². The van der Waals surface area contributed by atoms with E-state index in [4.69, 9.17) is 11.6 Å². The van der Waals surface area contributed by atoms with Crippen LogP contribution in [0.3, 0.4) is 0 Å². The van der Waals surface area contributed by atoms with Crippen LogP contribution in [0.15, 0.2) is 18.2 Å². The molecule has 0 atom stereocenters. The van der Waals surface area contributed by atoms with E-state index in [9.17, 15) is 9.59 Å². The van der Waals surface area contributed by atoms with Crippen LogP contribution in [0.1, 0.15) is 17.3 Å². The molecule has 1 heterocycles. The second-order valence-corrected chi connectivity index (χ2v) is 4.87. The van der Waals surface area contributed by atoms with Crippen molar-refractivity contribution in [3.05, 3.63) is 28.8 Å². The molecule has 4 nitrogen and oxygen atoms in total. The first-order valence-electron chi connectivity index (χ1n) is 5.78. The van der Waals surface area contributed by atoms with E-state index in [1.807, 2.05) is 4.90 Å². The minimum absolute atomic E-state index is 0.0158. The number of halogens is 1. The van der Waals surface area contributed by atoms with E-state index < -0.39 is 0 Å². The molecule has 1 aliphatic rings. The molecular formula is C13H15ClN2O2. The van der Waals surface area contributed by atoms with Crippen LogP contribution in [0.25, 0.3) is 0 Å². The van der Waals surface area contributed by atoms with E-state index in [0.29, 0.717) is 23.7 Å². The molecule has 1 amide bonds. The SMILES string of the molecule is CC(=O)c1ccc(N2CCN(C)C(=O)C2)c(Cl)c1. The first-order valence-corrected chi connectivity index (χ1v) is 6.16. The lowest BCUT2D eigenvalue weighted by atomic mass is 10.1. The van der Waals surface area contributed by atoms with E-state index in [1.54, 1.807) is 30.1 Å². The molecule has 0 bridgehead atoms. The molecule has 1 fully saturated rings. The fourth-order valence-corrected chi connectivity index (χ4v) is 2.25. The molecule has 18 heavy (non-hydrogen) atoms. The van der Waals surface area contributed by atoms with Crippen molar-refractivity contribution in [1.29, 1.82) is 0 Å². The van der Waals surface area contributed by atoms with Crippen LogP contribution in [0.4, 0.5) is 5.69 Å². The number of likely N-dealkylation sites (N-methyl/N-ethyl adjacent to an activating group) is 1. The highest BCUT2D eigenvalue weighted by Gasteiger charge is 2.22. The molecule has 0 N–H and O–H groups in total. The zero-order valence-electron chi connectivity index (χ0n) is 10.4. The third kappa shape index (κ3) is 2.48. The van der Waals surface area contributed by atoms with E-state index in [0.717, 1.165) is 12.2 Å². The van der Waals surface area contributed by atoms with Gasteiger partial charge in [0.15, 0.2) is 5.78 Å². The lowest BCUT2D eigenvalue weighted by molar-refractivity contribution is -0.129. The number of carbonyl (C=O) groups excluding carboxylic acids is 2. The zero-order chi connectivity index (χ0) is 13.3. The van der Waals surface area contributed by atoms with Crippen molar-refractivity contribution in [1.82, 2.24) is 4.90 Å². The maximum Gasteiger partial charge on any atom is 0.241 e. The fourth-order valence-electron chi connectivity index (χ4n) is 1.95. The van der Waals surface area contributed by atoms with Gasteiger partial charge >= 0.3 is 0 Å². The monoisotopic (exact) mass is 266 g/mol. The Balaban J connectivity index is 2.24. The second-order valence-electron chi connectivity index (χ2n) is 4.46. The number of piperazine rings is 1.